The summed E-state index contributed by atoms with van der Waals surface area (Å²) in [6.07, 6.45) is 2.31. The van der Waals surface area contributed by atoms with E-state index < -0.39 is 0 Å². The van der Waals surface area contributed by atoms with Crippen molar-refractivity contribution in [2.24, 2.45) is 11.7 Å². The van der Waals surface area contributed by atoms with Crippen LogP contribution in [0.3, 0.4) is 0 Å². The van der Waals surface area contributed by atoms with Gasteiger partial charge in [0.25, 0.3) is 5.91 Å². The number of hydrogen-bond acceptors (Lipinski definition) is 2. The van der Waals surface area contributed by atoms with Gasteiger partial charge in [0.1, 0.15) is 0 Å². The van der Waals surface area contributed by atoms with Crippen molar-refractivity contribution >= 4 is 29.9 Å². The van der Waals surface area contributed by atoms with Gasteiger partial charge in [0, 0.05) is 12.6 Å². The quantitative estimate of drug-likeness (QED) is 0.895. The summed E-state index contributed by atoms with van der Waals surface area (Å²) >= 11 is 6.12. The number of carbonyl (C=O) groups is 1. The van der Waals surface area contributed by atoms with E-state index in [9.17, 15) is 4.79 Å². The molecule has 1 unspecified atom stereocenters. The minimum Gasteiger partial charge on any atom is -0.348 e. The van der Waals surface area contributed by atoms with E-state index in [4.69, 9.17) is 17.3 Å². The Bertz CT molecular complexity index is 433. The fourth-order valence-electron chi connectivity index (χ4n) is 1.94. The average molecular weight is 289 g/mol. The van der Waals surface area contributed by atoms with Crippen LogP contribution < -0.4 is 11.1 Å². The largest absolute Gasteiger partial charge is 0.348 e. The van der Waals surface area contributed by atoms with E-state index >= 15 is 0 Å². The first-order valence-electron chi connectivity index (χ1n) is 5.89. The molecule has 1 amide bonds. The molecule has 1 atom stereocenters. The van der Waals surface area contributed by atoms with Crippen molar-refractivity contribution in [2.75, 3.05) is 6.54 Å². The molecular weight excluding hydrogens is 271 g/mol. The molecule has 0 saturated heterocycles. The lowest BCUT2D eigenvalue weighted by Gasteiger charge is -2.16. The third-order valence-corrected chi connectivity index (χ3v) is 3.70. The summed E-state index contributed by atoms with van der Waals surface area (Å²) < 4.78 is 0. The first-order valence-corrected chi connectivity index (χ1v) is 6.27. The first-order chi connectivity index (χ1) is 8.13. The predicted molar refractivity (Wildman–Crippen MR) is 76.5 cm³/mol. The Morgan fingerprint density at radius 1 is 1.56 bits per heavy atom. The van der Waals surface area contributed by atoms with Gasteiger partial charge in [0.15, 0.2) is 0 Å². The van der Waals surface area contributed by atoms with Gasteiger partial charge in [-0.2, -0.15) is 0 Å². The molecule has 18 heavy (non-hydrogen) atoms. The highest BCUT2D eigenvalue weighted by atomic mass is 35.5. The van der Waals surface area contributed by atoms with Gasteiger partial charge in [0.2, 0.25) is 0 Å². The molecule has 3 nitrogen and oxygen atoms in total. The molecule has 1 aliphatic carbocycles. The van der Waals surface area contributed by atoms with E-state index in [1.165, 1.54) is 0 Å². The van der Waals surface area contributed by atoms with Gasteiger partial charge in [-0.3, -0.25) is 4.79 Å². The van der Waals surface area contributed by atoms with Crippen molar-refractivity contribution < 1.29 is 4.79 Å². The lowest BCUT2D eigenvalue weighted by molar-refractivity contribution is 0.0933. The van der Waals surface area contributed by atoms with Crippen LogP contribution in [0.5, 0.6) is 0 Å². The Hall–Kier alpha value is -0.770. The molecule has 3 N–H and O–H groups in total. The molecule has 1 aromatic rings. The number of hydrogen-bond donors (Lipinski definition) is 2. The average Bonchev–Trinajstić information content (AvgIpc) is 3.13. The Balaban J connectivity index is 0.00000162. The SMILES string of the molecule is Cc1cccc(C(=O)NC(CN)C2CC2)c1Cl.Cl. The third-order valence-electron chi connectivity index (χ3n) is 3.20. The maximum absolute atomic E-state index is 12.1. The van der Waals surface area contributed by atoms with E-state index in [0.29, 0.717) is 23.0 Å². The molecule has 0 bridgehead atoms. The molecule has 1 aliphatic rings. The fraction of sp³-hybridized carbons (Fsp3) is 0.462. The molecule has 1 aromatic carbocycles. The molecule has 0 spiro atoms. The van der Waals surface area contributed by atoms with Gasteiger partial charge in [-0.15, -0.1) is 12.4 Å². The van der Waals surface area contributed by atoms with Crippen LogP contribution in [-0.2, 0) is 0 Å². The van der Waals surface area contributed by atoms with Crippen molar-refractivity contribution in [1.82, 2.24) is 5.32 Å². The molecule has 100 valence electrons. The third kappa shape index (κ3) is 3.37. The summed E-state index contributed by atoms with van der Waals surface area (Å²) in [4.78, 5) is 12.1. The summed E-state index contributed by atoms with van der Waals surface area (Å²) in [5.41, 5.74) is 7.11. The number of halogens is 2. The van der Waals surface area contributed by atoms with Crippen LogP contribution in [0.4, 0.5) is 0 Å². The van der Waals surface area contributed by atoms with Gasteiger partial charge in [0.05, 0.1) is 10.6 Å². The topological polar surface area (TPSA) is 55.1 Å². The molecule has 0 heterocycles. The van der Waals surface area contributed by atoms with E-state index in [0.717, 1.165) is 18.4 Å². The highest BCUT2D eigenvalue weighted by molar-refractivity contribution is 6.34. The van der Waals surface area contributed by atoms with E-state index in [-0.39, 0.29) is 24.4 Å². The number of nitrogens with two attached hydrogens (primary N) is 1. The molecular formula is C13H18Cl2N2O. The lowest BCUT2D eigenvalue weighted by Crippen LogP contribution is -2.41. The summed E-state index contributed by atoms with van der Waals surface area (Å²) in [6, 6.07) is 5.55. The number of amides is 1. The molecule has 2 rings (SSSR count). The smallest absolute Gasteiger partial charge is 0.253 e. The van der Waals surface area contributed by atoms with Crippen LogP contribution >= 0.6 is 24.0 Å². The van der Waals surface area contributed by atoms with Crippen LogP contribution in [-0.4, -0.2) is 18.5 Å². The van der Waals surface area contributed by atoms with Crippen LogP contribution in [0, 0.1) is 12.8 Å². The Kier molecular flexibility index (Phi) is 5.45. The van der Waals surface area contributed by atoms with Crippen LogP contribution in [0.2, 0.25) is 5.02 Å². The van der Waals surface area contributed by atoms with Gasteiger partial charge < -0.3 is 11.1 Å². The van der Waals surface area contributed by atoms with Crippen molar-refractivity contribution in [1.29, 1.82) is 0 Å². The second kappa shape index (κ2) is 6.41. The molecule has 1 fully saturated rings. The van der Waals surface area contributed by atoms with Gasteiger partial charge in [-0.05, 0) is 37.3 Å². The molecule has 1 saturated carbocycles. The second-order valence-corrected chi connectivity index (χ2v) is 4.97. The minimum atomic E-state index is -0.124. The van der Waals surface area contributed by atoms with E-state index in [2.05, 4.69) is 5.32 Å². The van der Waals surface area contributed by atoms with Crippen molar-refractivity contribution in [3.05, 3.63) is 34.3 Å². The van der Waals surface area contributed by atoms with E-state index in [1.807, 2.05) is 19.1 Å². The summed E-state index contributed by atoms with van der Waals surface area (Å²) in [5.74, 6) is 0.425. The van der Waals surface area contributed by atoms with E-state index in [1.54, 1.807) is 6.07 Å². The van der Waals surface area contributed by atoms with Crippen molar-refractivity contribution in [3.8, 4) is 0 Å². The fourth-order valence-corrected chi connectivity index (χ4v) is 2.15. The van der Waals surface area contributed by atoms with Crippen LogP contribution in [0.1, 0.15) is 28.8 Å². The van der Waals surface area contributed by atoms with Gasteiger partial charge >= 0.3 is 0 Å². The maximum Gasteiger partial charge on any atom is 0.253 e. The summed E-state index contributed by atoms with van der Waals surface area (Å²) in [7, 11) is 0. The highest BCUT2D eigenvalue weighted by Crippen LogP contribution is 2.32. The lowest BCUT2D eigenvalue weighted by atomic mass is 10.1. The molecule has 5 heteroatoms. The zero-order chi connectivity index (χ0) is 12.4. The summed E-state index contributed by atoms with van der Waals surface area (Å²) in [6.45, 7) is 2.38. The zero-order valence-corrected chi connectivity index (χ0v) is 11.9. The van der Waals surface area contributed by atoms with Gasteiger partial charge in [-0.25, -0.2) is 0 Å². The molecule has 0 radical (unpaired) electrons. The second-order valence-electron chi connectivity index (χ2n) is 4.59. The number of rotatable bonds is 4. The predicted octanol–water partition coefficient (Wildman–Crippen LogP) is 2.54. The monoisotopic (exact) mass is 288 g/mol. The Morgan fingerprint density at radius 3 is 2.78 bits per heavy atom. The maximum atomic E-state index is 12.1. The van der Waals surface area contributed by atoms with Crippen LogP contribution in [0.15, 0.2) is 18.2 Å². The number of aryl methyl sites for hydroxylation is 1. The number of nitrogens with one attached hydrogen (secondary N) is 1. The summed E-state index contributed by atoms with van der Waals surface area (Å²) in [5, 5.41) is 3.49. The zero-order valence-electron chi connectivity index (χ0n) is 10.3. The van der Waals surface area contributed by atoms with Crippen LogP contribution in [0.25, 0.3) is 0 Å². The first kappa shape index (κ1) is 15.3. The van der Waals surface area contributed by atoms with Crippen molar-refractivity contribution in [3.63, 3.8) is 0 Å². The molecule has 0 aliphatic heterocycles. The minimum absolute atomic E-state index is 0. The highest BCUT2D eigenvalue weighted by Gasteiger charge is 2.31. The number of benzene rings is 1. The standard InChI is InChI=1S/C13H17ClN2O.ClH/c1-8-3-2-4-10(12(8)14)13(17)16-11(7-15)9-5-6-9;/h2-4,9,11H,5-7,15H2,1H3,(H,16,17);1H. The van der Waals surface area contributed by atoms with Crippen molar-refractivity contribution in [2.45, 2.75) is 25.8 Å². The molecule has 0 aromatic heterocycles. The Morgan fingerprint density at radius 2 is 2.22 bits per heavy atom. The van der Waals surface area contributed by atoms with Gasteiger partial charge in [-0.1, -0.05) is 23.7 Å². The normalized spacial score (nSPS) is 15.7. The Labute approximate surface area is 118 Å². The number of carbonyl (C=O) groups excluding carboxylic acids is 1.